The van der Waals surface area contributed by atoms with Gasteiger partial charge in [0.25, 0.3) is 0 Å². The summed E-state index contributed by atoms with van der Waals surface area (Å²) in [6.45, 7) is 6.29. The Kier molecular flexibility index (Phi) is 8.07. The summed E-state index contributed by atoms with van der Waals surface area (Å²) in [7, 11) is 0. The first-order valence-electron chi connectivity index (χ1n) is 11.4. The Bertz CT molecular complexity index is 771. The van der Waals surface area contributed by atoms with Crippen LogP contribution in [-0.2, 0) is 25.7 Å². The second kappa shape index (κ2) is 10.8. The lowest BCUT2D eigenvalue weighted by atomic mass is 9.83. The van der Waals surface area contributed by atoms with Gasteiger partial charge in [-0.25, -0.2) is 0 Å². The number of ether oxygens (including phenoxy) is 1. The second-order valence-electron chi connectivity index (χ2n) is 8.75. The van der Waals surface area contributed by atoms with Gasteiger partial charge in [-0.2, -0.15) is 0 Å². The first-order chi connectivity index (χ1) is 14.9. The number of piperidine rings is 2. The Balaban J connectivity index is 1.50. The summed E-state index contributed by atoms with van der Waals surface area (Å²) in [6.07, 6.45) is 3.17. The molecule has 0 saturated carbocycles. The Morgan fingerprint density at radius 3 is 2.26 bits per heavy atom. The van der Waals surface area contributed by atoms with E-state index >= 15 is 0 Å². The molecular weight excluding hydrogens is 396 g/mol. The third-order valence-electron chi connectivity index (χ3n) is 6.42. The van der Waals surface area contributed by atoms with Gasteiger partial charge in [0.05, 0.1) is 24.5 Å². The predicted octanol–water partition coefficient (Wildman–Crippen LogP) is 2.85. The van der Waals surface area contributed by atoms with E-state index in [1.807, 2.05) is 6.92 Å². The van der Waals surface area contributed by atoms with E-state index in [2.05, 4.69) is 31.2 Å². The smallest absolute Gasteiger partial charge is 0.309 e. The van der Waals surface area contributed by atoms with E-state index in [1.54, 1.807) is 9.80 Å². The molecule has 3 rings (SSSR count). The molecule has 2 fully saturated rings. The molecule has 1 aromatic rings. The highest BCUT2D eigenvalue weighted by atomic mass is 16.5. The van der Waals surface area contributed by atoms with Crippen LogP contribution >= 0.6 is 0 Å². The van der Waals surface area contributed by atoms with E-state index in [-0.39, 0.29) is 24.5 Å². The van der Waals surface area contributed by atoms with Crippen molar-refractivity contribution in [3.63, 3.8) is 0 Å². The number of rotatable bonds is 7. The topological polar surface area (TPSA) is 87.2 Å². The van der Waals surface area contributed by atoms with Crippen molar-refractivity contribution in [2.24, 2.45) is 11.8 Å². The van der Waals surface area contributed by atoms with Crippen LogP contribution < -0.4 is 0 Å². The van der Waals surface area contributed by atoms with Crippen molar-refractivity contribution >= 4 is 17.8 Å². The van der Waals surface area contributed by atoms with Crippen molar-refractivity contribution in [3.8, 4) is 0 Å². The van der Waals surface area contributed by atoms with Crippen LogP contribution in [0, 0.1) is 18.8 Å². The van der Waals surface area contributed by atoms with Crippen LogP contribution in [0.4, 0.5) is 0 Å². The maximum absolute atomic E-state index is 13.1. The Morgan fingerprint density at radius 2 is 1.65 bits per heavy atom. The number of carbonyl (C=O) groups excluding carboxylic acids is 2. The lowest BCUT2D eigenvalue weighted by Crippen LogP contribution is -2.53. The van der Waals surface area contributed by atoms with Crippen molar-refractivity contribution in [2.45, 2.75) is 58.7 Å². The monoisotopic (exact) mass is 430 g/mol. The molecule has 2 saturated heterocycles. The summed E-state index contributed by atoms with van der Waals surface area (Å²) in [5, 5.41) is 9.69. The fraction of sp³-hybridized carbons (Fsp3) is 0.625. The molecule has 0 spiro atoms. The molecule has 0 aliphatic carbocycles. The molecule has 2 amide bonds. The number of amides is 2. The van der Waals surface area contributed by atoms with Crippen molar-refractivity contribution in [2.75, 3.05) is 26.2 Å². The minimum Gasteiger partial charge on any atom is -0.481 e. The normalized spacial score (nSPS) is 22.4. The standard InChI is InChI=1S/C24H34N2O5/c1-3-4-22(27)26-14-11-20(21(15-26)24(29)30)23(28)25-12-9-19(10-13-25)31-16-18-7-5-17(2)6-8-18/h5-8,19-21H,3-4,9-16H2,1-2H3,(H,29,30). The van der Waals surface area contributed by atoms with Gasteiger partial charge >= 0.3 is 5.97 Å². The zero-order valence-electron chi connectivity index (χ0n) is 18.6. The molecule has 2 heterocycles. The van der Waals surface area contributed by atoms with Crippen molar-refractivity contribution in [1.82, 2.24) is 9.80 Å². The van der Waals surface area contributed by atoms with Crippen LogP contribution in [0.2, 0.25) is 0 Å². The molecule has 2 unspecified atom stereocenters. The van der Waals surface area contributed by atoms with Gasteiger partial charge < -0.3 is 19.6 Å². The first-order valence-corrected chi connectivity index (χ1v) is 11.4. The van der Waals surface area contributed by atoms with Crippen LogP contribution in [-0.4, -0.2) is 65.0 Å². The summed E-state index contributed by atoms with van der Waals surface area (Å²) in [5.74, 6) is -2.51. The fourth-order valence-corrected chi connectivity index (χ4v) is 4.47. The first kappa shape index (κ1) is 23.3. The fourth-order valence-electron chi connectivity index (χ4n) is 4.47. The zero-order chi connectivity index (χ0) is 22.4. The Hall–Kier alpha value is -2.41. The number of hydrogen-bond acceptors (Lipinski definition) is 4. The highest BCUT2D eigenvalue weighted by Gasteiger charge is 2.42. The van der Waals surface area contributed by atoms with Gasteiger partial charge in [-0.15, -0.1) is 0 Å². The van der Waals surface area contributed by atoms with Gasteiger partial charge in [0.15, 0.2) is 0 Å². The average molecular weight is 431 g/mol. The molecule has 2 atom stereocenters. The average Bonchev–Trinajstić information content (AvgIpc) is 2.78. The van der Waals surface area contributed by atoms with Crippen LogP contribution in [0.1, 0.15) is 50.2 Å². The number of carboxylic acids is 1. The van der Waals surface area contributed by atoms with Crippen LogP contribution in [0.15, 0.2) is 24.3 Å². The van der Waals surface area contributed by atoms with Crippen LogP contribution in [0.25, 0.3) is 0 Å². The molecule has 2 aliphatic heterocycles. The lowest BCUT2D eigenvalue weighted by molar-refractivity contribution is -0.157. The van der Waals surface area contributed by atoms with E-state index in [9.17, 15) is 19.5 Å². The predicted molar refractivity (Wildman–Crippen MR) is 116 cm³/mol. The van der Waals surface area contributed by atoms with Gasteiger partial charge in [-0.3, -0.25) is 14.4 Å². The zero-order valence-corrected chi connectivity index (χ0v) is 18.6. The maximum atomic E-state index is 13.1. The number of likely N-dealkylation sites (tertiary alicyclic amines) is 2. The quantitative estimate of drug-likeness (QED) is 0.719. The number of carbonyl (C=O) groups is 3. The van der Waals surface area contributed by atoms with Gasteiger partial charge in [-0.05, 0) is 38.2 Å². The highest BCUT2D eigenvalue weighted by Crippen LogP contribution is 2.28. The summed E-state index contributed by atoms with van der Waals surface area (Å²) < 4.78 is 6.03. The summed E-state index contributed by atoms with van der Waals surface area (Å²) >= 11 is 0. The number of aliphatic carboxylic acids is 1. The van der Waals surface area contributed by atoms with Gasteiger partial charge in [0.2, 0.25) is 11.8 Å². The summed E-state index contributed by atoms with van der Waals surface area (Å²) in [5.41, 5.74) is 2.36. The number of aryl methyl sites for hydroxylation is 1. The largest absolute Gasteiger partial charge is 0.481 e. The van der Waals surface area contributed by atoms with E-state index in [4.69, 9.17) is 4.74 Å². The lowest BCUT2D eigenvalue weighted by Gasteiger charge is -2.40. The number of benzene rings is 1. The Morgan fingerprint density at radius 1 is 1.00 bits per heavy atom. The minimum absolute atomic E-state index is 0.0220. The van der Waals surface area contributed by atoms with Crippen molar-refractivity contribution < 1.29 is 24.2 Å². The molecule has 0 bridgehead atoms. The molecular formula is C24H34N2O5. The molecule has 31 heavy (non-hydrogen) atoms. The van der Waals surface area contributed by atoms with Gasteiger partial charge in [0, 0.05) is 32.6 Å². The van der Waals surface area contributed by atoms with E-state index in [0.717, 1.165) is 24.8 Å². The number of hydrogen-bond donors (Lipinski definition) is 1. The molecule has 0 radical (unpaired) electrons. The Labute approximate surface area is 184 Å². The molecule has 1 N–H and O–H groups in total. The van der Waals surface area contributed by atoms with E-state index in [0.29, 0.717) is 39.1 Å². The summed E-state index contributed by atoms with van der Waals surface area (Å²) in [4.78, 5) is 40.5. The van der Waals surface area contributed by atoms with E-state index < -0.39 is 17.8 Å². The molecule has 2 aliphatic rings. The molecule has 0 aromatic heterocycles. The van der Waals surface area contributed by atoms with Gasteiger partial charge in [0.1, 0.15) is 0 Å². The molecule has 7 nitrogen and oxygen atoms in total. The van der Waals surface area contributed by atoms with E-state index in [1.165, 1.54) is 5.56 Å². The van der Waals surface area contributed by atoms with Crippen LogP contribution in [0.3, 0.4) is 0 Å². The van der Waals surface area contributed by atoms with Crippen molar-refractivity contribution in [1.29, 1.82) is 0 Å². The maximum Gasteiger partial charge on any atom is 0.309 e. The highest BCUT2D eigenvalue weighted by molar-refractivity contribution is 5.86. The second-order valence-corrected chi connectivity index (χ2v) is 8.75. The third kappa shape index (κ3) is 6.06. The minimum atomic E-state index is -0.997. The van der Waals surface area contributed by atoms with Crippen LogP contribution in [0.5, 0.6) is 0 Å². The third-order valence-corrected chi connectivity index (χ3v) is 6.42. The SMILES string of the molecule is CCCC(=O)N1CCC(C(=O)N2CCC(OCc3ccc(C)cc3)CC2)C(C(=O)O)C1. The van der Waals surface area contributed by atoms with Crippen molar-refractivity contribution in [3.05, 3.63) is 35.4 Å². The molecule has 1 aromatic carbocycles. The summed E-state index contributed by atoms with van der Waals surface area (Å²) in [6, 6.07) is 8.27. The van der Waals surface area contributed by atoms with Gasteiger partial charge in [-0.1, -0.05) is 36.8 Å². The number of carboxylic acid groups (broad SMARTS) is 1. The molecule has 170 valence electrons. The number of nitrogens with zero attached hydrogens (tertiary/aromatic N) is 2. The molecule has 7 heteroatoms.